The maximum atomic E-state index is 11.5. The Bertz CT molecular complexity index is 523. The van der Waals surface area contributed by atoms with Crippen molar-refractivity contribution in [2.24, 2.45) is 0 Å². The maximum absolute atomic E-state index is 11.5. The zero-order valence-electron chi connectivity index (χ0n) is 10.4. The van der Waals surface area contributed by atoms with E-state index in [2.05, 4.69) is 10.3 Å². The highest BCUT2D eigenvalue weighted by atomic mass is 32.1. The summed E-state index contributed by atoms with van der Waals surface area (Å²) in [5.41, 5.74) is 2.15. The first-order chi connectivity index (χ1) is 8.68. The Morgan fingerprint density at radius 2 is 2.17 bits per heavy atom. The predicted octanol–water partition coefficient (Wildman–Crippen LogP) is 2.58. The molecule has 0 saturated carbocycles. The number of carbonyl (C=O) groups is 1. The number of nitrogens with one attached hydrogen (secondary N) is 1. The van der Waals surface area contributed by atoms with Crippen LogP contribution in [0.3, 0.4) is 0 Å². The van der Waals surface area contributed by atoms with Gasteiger partial charge in [-0.25, -0.2) is 9.78 Å². The number of benzene rings is 1. The normalized spacial score (nSPS) is 10.1. The molecule has 0 aliphatic carbocycles. The molecule has 0 spiro atoms. The monoisotopic (exact) mass is 261 g/mol. The van der Waals surface area contributed by atoms with Gasteiger partial charge >= 0.3 is 6.03 Å². The Balaban J connectivity index is 2.16. The topological polar surface area (TPSA) is 45.2 Å². The standard InChI is InChI=1S/C13H15N3OS/c1-16(2)13(17)15-9-10-5-3-4-6-11(10)12-14-7-8-18-12/h3-8H,9H2,1-2H3,(H,15,17). The molecule has 18 heavy (non-hydrogen) atoms. The molecule has 0 bridgehead atoms. The molecule has 1 aromatic heterocycles. The number of amides is 2. The lowest BCUT2D eigenvalue weighted by molar-refractivity contribution is 0.217. The van der Waals surface area contributed by atoms with Gasteiger partial charge in [0.25, 0.3) is 0 Å². The van der Waals surface area contributed by atoms with Crippen molar-refractivity contribution in [3.05, 3.63) is 41.4 Å². The Labute approximate surface area is 110 Å². The zero-order valence-corrected chi connectivity index (χ0v) is 11.2. The fraction of sp³-hybridized carbons (Fsp3) is 0.231. The Kier molecular flexibility index (Phi) is 3.94. The van der Waals surface area contributed by atoms with E-state index in [0.717, 1.165) is 16.1 Å². The lowest BCUT2D eigenvalue weighted by atomic mass is 10.1. The van der Waals surface area contributed by atoms with Gasteiger partial charge in [-0.2, -0.15) is 0 Å². The largest absolute Gasteiger partial charge is 0.334 e. The number of carbonyl (C=O) groups excluding carboxylic acids is 1. The highest BCUT2D eigenvalue weighted by Gasteiger charge is 2.08. The van der Waals surface area contributed by atoms with Gasteiger partial charge in [0.2, 0.25) is 0 Å². The van der Waals surface area contributed by atoms with Crippen molar-refractivity contribution in [1.82, 2.24) is 15.2 Å². The van der Waals surface area contributed by atoms with Crippen molar-refractivity contribution < 1.29 is 4.79 Å². The molecule has 5 heteroatoms. The lowest BCUT2D eigenvalue weighted by Gasteiger charge is -2.13. The van der Waals surface area contributed by atoms with Crippen LogP contribution in [-0.4, -0.2) is 30.0 Å². The summed E-state index contributed by atoms with van der Waals surface area (Å²) in [6, 6.07) is 7.88. The number of hydrogen-bond donors (Lipinski definition) is 1. The quantitative estimate of drug-likeness (QED) is 0.923. The molecule has 2 rings (SSSR count). The van der Waals surface area contributed by atoms with E-state index in [-0.39, 0.29) is 6.03 Å². The molecule has 0 aliphatic rings. The van der Waals surface area contributed by atoms with Crippen LogP contribution in [0.5, 0.6) is 0 Å². The van der Waals surface area contributed by atoms with Gasteiger partial charge in [-0.3, -0.25) is 0 Å². The van der Waals surface area contributed by atoms with Crippen LogP contribution in [0.2, 0.25) is 0 Å². The Hall–Kier alpha value is -1.88. The third-order valence-electron chi connectivity index (χ3n) is 2.52. The Morgan fingerprint density at radius 3 is 2.83 bits per heavy atom. The second-order valence-corrected chi connectivity index (χ2v) is 4.94. The molecular weight excluding hydrogens is 246 g/mol. The fourth-order valence-electron chi connectivity index (χ4n) is 1.57. The van der Waals surface area contributed by atoms with Crippen molar-refractivity contribution >= 4 is 17.4 Å². The van der Waals surface area contributed by atoms with E-state index in [9.17, 15) is 4.79 Å². The molecule has 1 aromatic carbocycles. The van der Waals surface area contributed by atoms with Crippen LogP contribution in [0, 0.1) is 0 Å². The van der Waals surface area contributed by atoms with Crippen molar-refractivity contribution in [2.75, 3.05) is 14.1 Å². The van der Waals surface area contributed by atoms with E-state index in [1.807, 2.05) is 29.6 Å². The van der Waals surface area contributed by atoms with Gasteiger partial charge in [0.15, 0.2) is 0 Å². The molecule has 0 unspecified atom stereocenters. The van der Waals surface area contributed by atoms with Crippen molar-refractivity contribution in [2.45, 2.75) is 6.54 Å². The maximum Gasteiger partial charge on any atom is 0.317 e. The smallest absolute Gasteiger partial charge is 0.317 e. The summed E-state index contributed by atoms with van der Waals surface area (Å²) in [4.78, 5) is 17.3. The second kappa shape index (κ2) is 5.64. The molecule has 94 valence electrons. The van der Waals surface area contributed by atoms with Gasteiger partial charge in [0, 0.05) is 37.8 Å². The van der Waals surface area contributed by atoms with Crippen molar-refractivity contribution in [3.8, 4) is 10.6 Å². The summed E-state index contributed by atoms with van der Waals surface area (Å²) in [5.74, 6) is 0. The Morgan fingerprint density at radius 1 is 1.39 bits per heavy atom. The van der Waals surface area contributed by atoms with Gasteiger partial charge in [0.1, 0.15) is 5.01 Å². The van der Waals surface area contributed by atoms with Gasteiger partial charge < -0.3 is 10.2 Å². The van der Waals surface area contributed by atoms with Gasteiger partial charge in [0.05, 0.1) is 0 Å². The summed E-state index contributed by atoms with van der Waals surface area (Å²) in [6.45, 7) is 0.507. The fourth-order valence-corrected chi connectivity index (χ4v) is 2.27. The minimum Gasteiger partial charge on any atom is -0.334 e. The molecule has 0 aliphatic heterocycles. The van der Waals surface area contributed by atoms with Crippen molar-refractivity contribution in [3.63, 3.8) is 0 Å². The summed E-state index contributed by atoms with van der Waals surface area (Å²) in [7, 11) is 3.45. The van der Waals surface area contributed by atoms with E-state index < -0.39 is 0 Å². The van der Waals surface area contributed by atoms with E-state index in [0.29, 0.717) is 6.54 Å². The van der Waals surface area contributed by atoms with E-state index in [1.165, 1.54) is 4.90 Å². The molecular formula is C13H15N3OS. The molecule has 4 nitrogen and oxygen atoms in total. The molecule has 0 fully saturated rings. The number of aromatic nitrogens is 1. The number of nitrogens with zero attached hydrogens (tertiary/aromatic N) is 2. The second-order valence-electron chi connectivity index (χ2n) is 4.05. The van der Waals surface area contributed by atoms with Crippen LogP contribution in [0.15, 0.2) is 35.8 Å². The first-order valence-corrected chi connectivity index (χ1v) is 6.49. The highest BCUT2D eigenvalue weighted by Crippen LogP contribution is 2.25. The van der Waals surface area contributed by atoms with Gasteiger partial charge in [-0.15, -0.1) is 11.3 Å². The molecule has 0 radical (unpaired) electrons. The third kappa shape index (κ3) is 2.87. The molecule has 1 heterocycles. The van der Waals surface area contributed by atoms with Crippen LogP contribution in [-0.2, 0) is 6.54 Å². The molecule has 0 saturated heterocycles. The average molecular weight is 261 g/mol. The van der Waals surface area contributed by atoms with Crippen LogP contribution >= 0.6 is 11.3 Å². The van der Waals surface area contributed by atoms with Gasteiger partial charge in [-0.05, 0) is 5.56 Å². The zero-order chi connectivity index (χ0) is 13.0. The number of thiazole rings is 1. The number of hydrogen-bond acceptors (Lipinski definition) is 3. The van der Waals surface area contributed by atoms with Crippen LogP contribution in [0.4, 0.5) is 4.79 Å². The van der Waals surface area contributed by atoms with Gasteiger partial charge in [-0.1, -0.05) is 24.3 Å². The molecule has 0 atom stereocenters. The summed E-state index contributed by atoms with van der Waals surface area (Å²) in [5, 5.41) is 5.79. The minimum atomic E-state index is -0.0936. The summed E-state index contributed by atoms with van der Waals surface area (Å²) >= 11 is 1.60. The molecule has 2 aromatic rings. The molecule has 1 N–H and O–H groups in total. The van der Waals surface area contributed by atoms with E-state index >= 15 is 0 Å². The lowest BCUT2D eigenvalue weighted by Crippen LogP contribution is -2.34. The summed E-state index contributed by atoms with van der Waals surface area (Å²) in [6.07, 6.45) is 1.79. The summed E-state index contributed by atoms with van der Waals surface area (Å²) < 4.78 is 0. The predicted molar refractivity (Wildman–Crippen MR) is 73.5 cm³/mol. The average Bonchev–Trinajstić information content (AvgIpc) is 2.89. The first kappa shape index (κ1) is 12.6. The van der Waals surface area contributed by atoms with E-state index in [4.69, 9.17) is 0 Å². The first-order valence-electron chi connectivity index (χ1n) is 5.61. The van der Waals surface area contributed by atoms with Crippen LogP contribution in [0.25, 0.3) is 10.6 Å². The number of rotatable bonds is 3. The third-order valence-corrected chi connectivity index (χ3v) is 3.32. The van der Waals surface area contributed by atoms with Crippen LogP contribution < -0.4 is 5.32 Å². The highest BCUT2D eigenvalue weighted by molar-refractivity contribution is 7.13. The van der Waals surface area contributed by atoms with Crippen LogP contribution in [0.1, 0.15) is 5.56 Å². The van der Waals surface area contributed by atoms with Crippen molar-refractivity contribution in [1.29, 1.82) is 0 Å². The minimum absolute atomic E-state index is 0.0936. The molecule has 2 amide bonds. The SMILES string of the molecule is CN(C)C(=O)NCc1ccccc1-c1nccs1. The van der Waals surface area contributed by atoms with E-state index in [1.54, 1.807) is 31.6 Å². The number of urea groups is 1.